The van der Waals surface area contributed by atoms with Crippen molar-refractivity contribution < 1.29 is 22.2 Å². The Morgan fingerprint density at radius 1 is 1.21 bits per heavy atom. The van der Waals surface area contributed by atoms with Crippen molar-refractivity contribution in [3.05, 3.63) is 34.8 Å². The summed E-state index contributed by atoms with van der Waals surface area (Å²) in [6, 6.07) is 0.143. The summed E-state index contributed by atoms with van der Waals surface area (Å²) in [5, 5.41) is 11.5. The third kappa shape index (κ3) is 4.13. The number of halogens is 3. The summed E-state index contributed by atoms with van der Waals surface area (Å²) in [7, 11) is -3.79. The topological polar surface area (TPSA) is 115 Å². The lowest BCUT2D eigenvalue weighted by Gasteiger charge is -2.14. The van der Waals surface area contributed by atoms with Gasteiger partial charge in [-0.2, -0.15) is 18.3 Å². The van der Waals surface area contributed by atoms with E-state index in [2.05, 4.69) is 19.8 Å². The highest BCUT2D eigenvalue weighted by molar-refractivity contribution is 7.91. The minimum Gasteiger partial charge on any atom is -0.305 e. The number of alkyl halides is 3. The van der Waals surface area contributed by atoms with E-state index in [-0.39, 0.29) is 5.03 Å². The summed E-state index contributed by atoms with van der Waals surface area (Å²) in [4.78, 5) is 17.2. The molecule has 0 radical (unpaired) electrons. The molecule has 1 atom stereocenters. The zero-order valence-corrected chi connectivity index (χ0v) is 16.1. The zero-order chi connectivity index (χ0) is 20.8. The molecule has 0 saturated heterocycles. The molecule has 2 aromatic heterocycles. The van der Waals surface area contributed by atoms with Crippen molar-refractivity contribution in [1.29, 1.82) is 0 Å². The second kappa shape index (κ2) is 7.10. The van der Waals surface area contributed by atoms with E-state index < -0.39 is 28.7 Å². The van der Waals surface area contributed by atoms with Crippen molar-refractivity contribution in [2.75, 3.05) is 5.32 Å². The molecule has 0 aromatic carbocycles. The lowest BCUT2D eigenvalue weighted by Crippen LogP contribution is -2.21. The van der Waals surface area contributed by atoms with Crippen molar-refractivity contribution >= 4 is 21.6 Å². The van der Waals surface area contributed by atoms with Gasteiger partial charge in [-0.3, -0.25) is 9.67 Å². The van der Waals surface area contributed by atoms with Crippen LogP contribution in [-0.2, 0) is 42.1 Å². The first-order chi connectivity index (χ1) is 13.6. The number of nitrogens with two attached hydrogens (primary N) is 1. The first-order valence-corrected chi connectivity index (χ1v) is 10.7. The fourth-order valence-electron chi connectivity index (χ4n) is 3.81. The van der Waals surface area contributed by atoms with Crippen LogP contribution < -0.4 is 10.5 Å². The highest BCUT2D eigenvalue weighted by Gasteiger charge is 2.29. The van der Waals surface area contributed by atoms with Gasteiger partial charge in [0.15, 0.2) is 14.9 Å². The van der Waals surface area contributed by atoms with Gasteiger partial charge in [0.05, 0.1) is 5.69 Å². The summed E-state index contributed by atoms with van der Waals surface area (Å²) in [6.45, 7) is -1.36. The number of hydrogen-bond donors (Lipinski definition) is 2. The van der Waals surface area contributed by atoms with Crippen LogP contribution >= 0.6 is 0 Å². The maximum absolute atomic E-state index is 12.6. The van der Waals surface area contributed by atoms with Crippen LogP contribution in [0.3, 0.4) is 0 Å². The van der Waals surface area contributed by atoms with Crippen LogP contribution in [0.25, 0.3) is 0 Å². The van der Waals surface area contributed by atoms with E-state index in [0.717, 1.165) is 73.3 Å². The molecule has 4 rings (SSSR count). The van der Waals surface area contributed by atoms with Crippen molar-refractivity contribution in [1.82, 2.24) is 14.8 Å². The number of anilines is 1. The summed E-state index contributed by atoms with van der Waals surface area (Å²) in [6.07, 6.45) is 1.63. The first kappa shape index (κ1) is 19.8. The fraction of sp³-hybridized carbons (Fsp3) is 0.471. The average Bonchev–Trinajstić information content (AvgIpc) is 3.31. The molecule has 3 N–H and O–H groups in total. The van der Waals surface area contributed by atoms with Gasteiger partial charge in [-0.1, -0.05) is 0 Å². The van der Waals surface area contributed by atoms with Gasteiger partial charge >= 0.3 is 12.2 Å². The Labute approximate surface area is 165 Å². The van der Waals surface area contributed by atoms with Crippen LogP contribution in [0.2, 0.25) is 0 Å². The number of pyridine rings is 1. The maximum Gasteiger partial charge on any atom is 0.408 e. The average molecular weight is 428 g/mol. The van der Waals surface area contributed by atoms with Crippen LogP contribution in [0, 0.1) is 0 Å². The van der Waals surface area contributed by atoms with Gasteiger partial charge in [-0.25, -0.2) is 14.1 Å². The monoisotopic (exact) mass is 428 g/mol. The molecule has 2 aliphatic rings. The Morgan fingerprint density at radius 2 is 1.83 bits per heavy atom. The number of carbonyl (C=O) groups excluding carboxylic acids is 1. The van der Waals surface area contributed by atoms with E-state index in [0.29, 0.717) is 10.4 Å². The summed E-state index contributed by atoms with van der Waals surface area (Å²) >= 11 is 0. The van der Waals surface area contributed by atoms with E-state index in [1.165, 1.54) is 0 Å². The van der Waals surface area contributed by atoms with Crippen molar-refractivity contribution in [3.63, 3.8) is 0 Å². The number of nitrogens with zero attached hydrogens (tertiary/aromatic N) is 4. The number of aryl methyl sites for hydroxylation is 2. The molecule has 12 heteroatoms. The number of rotatable bonds is 3. The summed E-state index contributed by atoms with van der Waals surface area (Å²) in [5.74, 6) is 0. The summed E-state index contributed by atoms with van der Waals surface area (Å²) in [5.41, 5.74) is 4.51. The van der Waals surface area contributed by atoms with Gasteiger partial charge in [-0.05, 0) is 55.7 Å². The van der Waals surface area contributed by atoms with Gasteiger partial charge in [0.1, 0.15) is 6.54 Å². The minimum atomic E-state index is -4.49. The molecule has 8 nitrogen and oxygen atoms in total. The molecule has 156 valence electrons. The molecule has 2 amide bonds. The van der Waals surface area contributed by atoms with Crippen LogP contribution in [-0.4, -0.2) is 31.2 Å². The molecule has 0 unspecified atom stereocenters. The molecule has 0 bridgehead atoms. The van der Waals surface area contributed by atoms with E-state index in [9.17, 15) is 22.2 Å². The Balaban J connectivity index is 1.60. The number of nitrogens with one attached hydrogen (secondary N) is 1. The first-order valence-electron chi connectivity index (χ1n) is 9.12. The molecule has 0 aliphatic heterocycles. The van der Waals surface area contributed by atoms with Crippen LogP contribution in [0.4, 0.5) is 23.7 Å². The van der Waals surface area contributed by atoms with Crippen molar-refractivity contribution in [2.45, 2.75) is 56.3 Å². The molecule has 2 heterocycles. The predicted octanol–water partition coefficient (Wildman–Crippen LogP) is 2.75. The highest BCUT2D eigenvalue weighted by Crippen LogP contribution is 2.36. The number of amides is 2. The number of aromatic nitrogens is 3. The van der Waals surface area contributed by atoms with Gasteiger partial charge in [0, 0.05) is 17.6 Å². The van der Waals surface area contributed by atoms with E-state index >= 15 is 0 Å². The van der Waals surface area contributed by atoms with E-state index in [4.69, 9.17) is 5.14 Å². The van der Waals surface area contributed by atoms with Crippen LogP contribution in [0.15, 0.2) is 21.7 Å². The Bertz CT molecular complexity index is 1070. The predicted molar refractivity (Wildman–Crippen MR) is 98.6 cm³/mol. The lowest BCUT2D eigenvalue weighted by molar-refractivity contribution is -0.142. The van der Waals surface area contributed by atoms with Gasteiger partial charge in [0.25, 0.3) is 0 Å². The molecular formula is C17H19F3N6O2S. The number of fused-ring (bicyclic) bond motifs is 2. The molecule has 0 spiro atoms. The summed E-state index contributed by atoms with van der Waals surface area (Å²) < 4.78 is 54.1. The largest absolute Gasteiger partial charge is 0.408 e. The number of urea groups is 1. The normalized spacial score (nSPS) is 17.5. The van der Waals surface area contributed by atoms with Crippen molar-refractivity contribution in [2.24, 2.45) is 9.50 Å². The zero-order valence-electron chi connectivity index (χ0n) is 15.3. The maximum atomic E-state index is 12.6. The van der Waals surface area contributed by atoms with E-state index in [1.54, 1.807) is 0 Å². The lowest BCUT2D eigenvalue weighted by atomic mass is 10.1. The van der Waals surface area contributed by atoms with Crippen molar-refractivity contribution in [3.8, 4) is 0 Å². The molecule has 29 heavy (non-hydrogen) atoms. The fourth-order valence-corrected chi connectivity index (χ4v) is 4.67. The Kier molecular flexibility index (Phi) is 4.85. The third-order valence-corrected chi connectivity index (χ3v) is 6.21. The smallest absolute Gasteiger partial charge is 0.305 e. The van der Waals surface area contributed by atoms with E-state index in [1.807, 2.05) is 0 Å². The SMILES string of the molecule is N[S@](=O)(=NC(=O)Nc1c2c(nc3c1CCC3)CCC2)c1ccn(CC(F)(F)F)n1. The van der Waals surface area contributed by atoms with Crippen LogP contribution in [0.1, 0.15) is 35.4 Å². The molecule has 2 aliphatic carbocycles. The Morgan fingerprint density at radius 3 is 2.41 bits per heavy atom. The Hall–Kier alpha value is -2.47. The standard InChI is InChI=1S/C17H19F3N6O2S/c18-17(19,20)9-26-8-7-14(24-26)29(21,28)25-16(27)23-15-10-3-1-5-12(10)22-13-6-2-4-11(13)15/h7-8H,1-6,9H2,(H3,21,22,23,25,27,28)/t29-/m0/s1. The van der Waals surface area contributed by atoms with Gasteiger partial charge < -0.3 is 5.32 Å². The molecule has 0 saturated carbocycles. The van der Waals surface area contributed by atoms with Crippen LogP contribution in [0.5, 0.6) is 0 Å². The van der Waals surface area contributed by atoms with Gasteiger partial charge in [0.2, 0.25) is 0 Å². The molecule has 2 aromatic rings. The quantitative estimate of drug-likeness (QED) is 0.782. The third-order valence-electron chi connectivity index (χ3n) is 4.96. The number of carbonyl (C=O) groups is 1. The second-order valence-electron chi connectivity index (χ2n) is 7.10. The molecule has 0 fully saturated rings. The number of hydrogen-bond acceptors (Lipinski definition) is 4. The second-order valence-corrected chi connectivity index (χ2v) is 8.84. The molecular weight excluding hydrogens is 409 g/mol. The van der Waals surface area contributed by atoms with Gasteiger partial charge in [-0.15, -0.1) is 4.36 Å². The minimum absolute atomic E-state index is 0.387. The highest BCUT2D eigenvalue weighted by atomic mass is 32.2.